The smallest absolute Gasteiger partial charge is 0.0725 e. The van der Waals surface area contributed by atoms with Gasteiger partial charge < -0.3 is 11.1 Å². The van der Waals surface area contributed by atoms with Crippen molar-refractivity contribution in [3.63, 3.8) is 0 Å². The Labute approximate surface area is 120 Å². The van der Waals surface area contributed by atoms with Crippen LogP contribution in [0.5, 0.6) is 0 Å². The number of fused-ring (bicyclic) bond motifs is 1. The van der Waals surface area contributed by atoms with Gasteiger partial charge in [-0.25, -0.2) is 0 Å². The van der Waals surface area contributed by atoms with Gasteiger partial charge in [0.05, 0.1) is 5.52 Å². The minimum absolute atomic E-state index is 0.499. The molecule has 1 aromatic heterocycles. The Morgan fingerprint density at radius 2 is 2.05 bits per heavy atom. The summed E-state index contributed by atoms with van der Waals surface area (Å²) < 4.78 is 0. The minimum Gasteiger partial charge on any atom is -0.381 e. The van der Waals surface area contributed by atoms with Gasteiger partial charge in [-0.1, -0.05) is 31.0 Å². The Morgan fingerprint density at radius 1 is 1.25 bits per heavy atom. The number of aromatic nitrogens is 1. The van der Waals surface area contributed by atoms with Crippen LogP contribution in [0.2, 0.25) is 0 Å². The molecule has 1 fully saturated rings. The van der Waals surface area contributed by atoms with Crippen LogP contribution in [-0.2, 0) is 0 Å². The molecule has 3 rings (SSSR count). The number of aryl methyl sites for hydroxylation is 1. The molecule has 1 aromatic carbocycles. The van der Waals surface area contributed by atoms with E-state index in [9.17, 15) is 0 Å². The van der Waals surface area contributed by atoms with Crippen LogP contribution in [-0.4, -0.2) is 17.6 Å². The number of anilines is 1. The van der Waals surface area contributed by atoms with Gasteiger partial charge in [0.1, 0.15) is 0 Å². The van der Waals surface area contributed by atoms with Gasteiger partial charge in [0.15, 0.2) is 0 Å². The highest BCUT2D eigenvalue weighted by atomic mass is 14.9. The predicted octanol–water partition coefficient (Wildman–Crippen LogP) is 3.47. The number of nitrogens with zero attached hydrogens (tertiary/aromatic N) is 1. The molecule has 106 valence electrons. The molecule has 2 atom stereocenters. The fourth-order valence-corrected chi connectivity index (χ4v) is 3.31. The van der Waals surface area contributed by atoms with Gasteiger partial charge in [0.25, 0.3) is 0 Å². The number of para-hydroxylation sites is 1. The van der Waals surface area contributed by atoms with Crippen LogP contribution in [0.15, 0.2) is 30.3 Å². The first-order valence-electron chi connectivity index (χ1n) is 7.61. The van der Waals surface area contributed by atoms with Crippen LogP contribution in [0.25, 0.3) is 10.9 Å². The summed E-state index contributed by atoms with van der Waals surface area (Å²) in [4.78, 5) is 4.60. The Morgan fingerprint density at radius 3 is 2.90 bits per heavy atom. The van der Waals surface area contributed by atoms with Crippen molar-refractivity contribution in [1.82, 2.24) is 4.98 Å². The van der Waals surface area contributed by atoms with Crippen molar-refractivity contribution < 1.29 is 0 Å². The summed E-state index contributed by atoms with van der Waals surface area (Å²) in [5.41, 5.74) is 9.27. The van der Waals surface area contributed by atoms with Gasteiger partial charge in [-0.3, -0.25) is 4.98 Å². The van der Waals surface area contributed by atoms with E-state index >= 15 is 0 Å². The van der Waals surface area contributed by atoms with Crippen LogP contribution in [0, 0.1) is 12.8 Å². The molecule has 3 N–H and O–H groups in total. The predicted molar refractivity (Wildman–Crippen MR) is 84.9 cm³/mol. The zero-order valence-corrected chi connectivity index (χ0v) is 12.1. The molecule has 0 saturated heterocycles. The first kappa shape index (κ1) is 13.4. The summed E-state index contributed by atoms with van der Waals surface area (Å²) in [6.07, 6.45) is 5.08. The lowest BCUT2D eigenvalue weighted by Gasteiger charge is -2.32. The molecule has 0 radical (unpaired) electrons. The number of rotatable bonds is 3. The average molecular weight is 269 g/mol. The van der Waals surface area contributed by atoms with E-state index in [0.29, 0.717) is 12.0 Å². The number of nitrogens with one attached hydrogen (secondary N) is 1. The normalized spacial score (nSPS) is 22.9. The molecule has 20 heavy (non-hydrogen) atoms. The highest BCUT2D eigenvalue weighted by Gasteiger charge is 2.24. The number of hydrogen-bond acceptors (Lipinski definition) is 3. The lowest BCUT2D eigenvalue weighted by Crippen LogP contribution is -2.36. The summed E-state index contributed by atoms with van der Waals surface area (Å²) in [5.74, 6) is 0.594. The van der Waals surface area contributed by atoms with Gasteiger partial charge in [-0.05, 0) is 44.4 Å². The Bertz CT molecular complexity index is 594. The molecule has 1 saturated carbocycles. The van der Waals surface area contributed by atoms with Crippen LogP contribution < -0.4 is 11.1 Å². The van der Waals surface area contributed by atoms with E-state index in [1.165, 1.54) is 36.8 Å². The molecule has 3 heteroatoms. The molecule has 2 aromatic rings. The first-order chi connectivity index (χ1) is 9.78. The number of benzene rings is 1. The van der Waals surface area contributed by atoms with Crippen LogP contribution in [0.4, 0.5) is 5.69 Å². The zero-order valence-electron chi connectivity index (χ0n) is 12.1. The first-order valence-corrected chi connectivity index (χ1v) is 7.61. The monoisotopic (exact) mass is 269 g/mol. The Balaban J connectivity index is 1.93. The quantitative estimate of drug-likeness (QED) is 0.897. The Kier molecular flexibility index (Phi) is 3.88. The summed E-state index contributed by atoms with van der Waals surface area (Å²) >= 11 is 0. The molecule has 1 aliphatic carbocycles. The van der Waals surface area contributed by atoms with E-state index in [4.69, 9.17) is 5.73 Å². The highest BCUT2D eigenvalue weighted by molar-refractivity contribution is 5.91. The van der Waals surface area contributed by atoms with E-state index in [0.717, 1.165) is 17.8 Å². The van der Waals surface area contributed by atoms with E-state index < -0.39 is 0 Å². The lowest BCUT2D eigenvalue weighted by molar-refractivity contribution is 0.333. The molecule has 2 unspecified atom stereocenters. The highest BCUT2D eigenvalue weighted by Crippen LogP contribution is 2.30. The van der Waals surface area contributed by atoms with E-state index in [1.54, 1.807) is 0 Å². The Hall–Kier alpha value is -1.61. The van der Waals surface area contributed by atoms with E-state index in [2.05, 4.69) is 41.5 Å². The molecular weight excluding hydrogens is 246 g/mol. The number of hydrogen-bond donors (Lipinski definition) is 2. The van der Waals surface area contributed by atoms with Crippen LogP contribution in [0.1, 0.15) is 31.4 Å². The van der Waals surface area contributed by atoms with E-state index in [1.807, 2.05) is 6.07 Å². The maximum Gasteiger partial charge on any atom is 0.0725 e. The largest absolute Gasteiger partial charge is 0.381 e. The second-order valence-corrected chi connectivity index (χ2v) is 5.86. The molecule has 3 nitrogen and oxygen atoms in total. The van der Waals surface area contributed by atoms with Crippen LogP contribution in [0.3, 0.4) is 0 Å². The molecule has 1 aliphatic rings. The van der Waals surface area contributed by atoms with Gasteiger partial charge in [-0.15, -0.1) is 0 Å². The van der Waals surface area contributed by atoms with Crippen molar-refractivity contribution >= 4 is 16.6 Å². The van der Waals surface area contributed by atoms with Crippen molar-refractivity contribution in [2.75, 3.05) is 11.9 Å². The number of nitrogens with two attached hydrogens (primary N) is 1. The summed E-state index contributed by atoms with van der Waals surface area (Å²) in [6, 6.07) is 11.0. The van der Waals surface area contributed by atoms with E-state index in [-0.39, 0.29) is 0 Å². The van der Waals surface area contributed by atoms with Crippen molar-refractivity contribution in [2.24, 2.45) is 11.7 Å². The minimum atomic E-state index is 0.499. The van der Waals surface area contributed by atoms with Gasteiger partial charge >= 0.3 is 0 Å². The van der Waals surface area contributed by atoms with Crippen LogP contribution >= 0.6 is 0 Å². The lowest BCUT2D eigenvalue weighted by atomic mass is 9.84. The third kappa shape index (κ3) is 2.63. The zero-order chi connectivity index (χ0) is 13.9. The molecule has 0 bridgehead atoms. The third-order valence-electron chi connectivity index (χ3n) is 4.40. The molecule has 0 spiro atoms. The SMILES string of the molecule is Cc1cc(NC2CCCCC2CN)c2ccccc2n1. The van der Waals surface area contributed by atoms with Crippen molar-refractivity contribution in [3.05, 3.63) is 36.0 Å². The van der Waals surface area contributed by atoms with Gasteiger partial charge in [0.2, 0.25) is 0 Å². The van der Waals surface area contributed by atoms with Gasteiger partial charge in [0, 0.05) is 22.8 Å². The third-order valence-corrected chi connectivity index (χ3v) is 4.40. The topological polar surface area (TPSA) is 50.9 Å². The molecular formula is C17H23N3. The average Bonchev–Trinajstić information content (AvgIpc) is 2.47. The maximum atomic E-state index is 5.94. The molecule has 0 aliphatic heterocycles. The fourth-order valence-electron chi connectivity index (χ4n) is 3.31. The fraction of sp³-hybridized carbons (Fsp3) is 0.471. The second kappa shape index (κ2) is 5.80. The second-order valence-electron chi connectivity index (χ2n) is 5.86. The summed E-state index contributed by atoms with van der Waals surface area (Å²) in [5, 5.41) is 4.95. The molecule has 0 amide bonds. The van der Waals surface area contributed by atoms with Crippen molar-refractivity contribution in [2.45, 2.75) is 38.6 Å². The maximum absolute atomic E-state index is 5.94. The van der Waals surface area contributed by atoms with Crippen molar-refractivity contribution in [3.8, 4) is 0 Å². The van der Waals surface area contributed by atoms with Gasteiger partial charge in [-0.2, -0.15) is 0 Å². The summed E-state index contributed by atoms with van der Waals surface area (Å²) in [6.45, 7) is 2.83. The molecule has 1 heterocycles. The summed E-state index contributed by atoms with van der Waals surface area (Å²) in [7, 11) is 0. The van der Waals surface area contributed by atoms with Crippen molar-refractivity contribution in [1.29, 1.82) is 0 Å². The standard InChI is InChI=1S/C17H23N3/c1-12-10-17(14-7-3-5-9-16(14)19-12)20-15-8-4-2-6-13(15)11-18/h3,5,7,9-10,13,15H,2,4,6,8,11,18H2,1H3,(H,19,20). The number of pyridine rings is 1.